The summed E-state index contributed by atoms with van der Waals surface area (Å²) in [6, 6.07) is 0.779. The first-order valence-electron chi connectivity index (χ1n) is 9.22. The van der Waals surface area contributed by atoms with Crippen molar-refractivity contribution in [3.8, 4) is 0 Å². The van der Waals surface area contributed by atoms with Crippen molar-refractivity contribution in [2.75, 3.05) is 33.5 Å². The standard InChI is InChI=1S/C18H35NO2/c1-20-14-15-21-13-7-12-19-18-11-6-5-10-17(18)16-8-3-2-4-9-16/h16-19H,2-15H2,1H3. The van der Waals surface area contributed by atoms with Crippen LogP contribution in [0.5, 0.6) is 0 Å². The number of hydrogen-bond acceptors (Lipinski definition) is 3. The third kappa shape index (κ3) is 6.25. The Labute approximate surface area is 131 Å². The van der Waals surface area contributed by atoms with Gasteiger partial charge in [-0.3, -0.25) is 0 Å². The van der Waals surface area contributed by atoms with Crippen LogP contribution in [0.4, 0.5) is 0 Å². The molecular formula is C18H35NO2. The summed E-state index contributed by atoms with van der Waals surface area (Å²) in [4.78, 5) is 0. The SMILES string of the molecule is COCCOCCCNC1CCCCC1C1CCCCC1. The molecule has 2 aliphatic carbocycles. The molecule has 21 heavy (non-hydrogen) atoms. The molecule has 2 rings (SSSR count). The van der Waals surface area contributed by atoms with Crippen molar-refractivity contribution in [3.05, 3.63) is 0 Å². The summed E-state index contributed by atoms with van der Waals surface area (Å²) in [7, 11) is 1.72. The summed E-state index contributed by atoms with van der Waals surface area (Å²) in [6.07, 6.45) is 14.3. The maximum Gasteiger partial charge on any atom is 0.0700 e. The van der Waals surface area contributed by atoms with Gasteiger partial charge in [0.25, 0.3) is 0 Å². The lowest BCUT2D eigenvalue weighted by molar-refractivity contribution is 0.0681. The van der Waals surface area contributed by atoms with Crippen LogP contribution in [-0.4, -0.2) is 39.5 Å². The van der Waals surface area contributed by atoms with Crippen molar-refractivity contribution >= 4 is 0 Å². The van der Waals surface area contributed by atoms with Crippen molar-refractivity contribution in [1.29, 1.82) is 0 Å². The van der Waals surface area contributed by atoms with E-state index in [4.69, 9.17) is 9.47 Å². The lowest BCUT2D eigenvalue weighted by Crippen LogP contribution is -2.43. The molecule has 124 valence electrons. The third-order valence-corrected chi connectivity index (χ3v) is 5.38. The predicted molar refractivity (Wildman–Crippen MR) is 87.6 cm³/mol. The summed E-state index contributed by atoms with van der Waals surface area (Å²) >= 11 is 0. The van der Waals surface area contributed by atoms with Gasteiger partial charge in [-0.15, -0.1) is 0 Å². The van der Waals surface area contributed by atoms with E-state index in [-0.39, 0.29) is 0 Å². The summed E-state index contributed by atoms with van der Waals surface area (Å²) in [5, 5.41) is 3.85. The van der Waals surface area contributed by atoms with Crippen LogP contribution in [0.25, 0.3) is 0 Å². The van der Waals surface area contributed by atoms with Gasteiger partial charge < -0.3 is 14.8 Å². The minimum Gasteiger partial charge on any atom is -0.382 e. The Morgan fingerprint density at radius 3 is 2.43 bits per heavy atom. The van der Waals surface area contributed by atoms with Crippen LogP contribution in [0, 0.1) is 11.8 Å². The Morgan fingerprint density at radius 2 is 1.62 bits per heavy atom. The second kappa shape index (κ2) is 10.6. The monoisotopic (exact) mass is 297 g/mol. The Morgan fingerprint density at radius 1 is 0.857 bits per heavy atom. The summed E-state index contributed by atoms with van der Waals surface area (Å²) in [5.74, 6) is 1.96. The van der Waals surface area contributed by atoms with E-state index in [2.05, 4.69) is 5.32 Å². The zero-order chi connectivity index (χ0) is 14.8. The Balaban J connectivity index is 1.62. The van der Waals surface area contributed by atoms with E-state index in [1.165, 1.54) is 57.8 Å². The molecule has 3 nitrogen and oxygen atoms in total. The van der Waals surface area contributed by atoms with Gasteiger partial charge in [-0.25, -0.2) is 0 Å². The maximum absolute atomic E-state index is 5.54. The molecule has 0 heterocycles. The molecule has 0 aromatic rings. The second-order valence-corrected chi connectivity index (χ2v) is 6.87. The first-order valence-corrected chi connectivity index (χ1v) is 9.22. The lowest BCUT2D eigenvalue weighted by Gasteiger charge is -2.39. The van der Waals surface area contributed by atoms with Gasteiger partial charge in [0.15, 0.2) is 0 Å². The minimum absolute atomic E-state index is 0.708. The highest BCUT2D eigenvalue weighted by Crippen LogP contribution is 2.38. The van der Waals surface area contributed by atoms with Crippen LogP contribution in [0.1, 0.15) is 64.2 Å². The van der Waals surface area contributed by atoms with Crippen LogP contribution >= 0.6 is 0 Å². The van der Waals surface area contributed by atoms with E-state index in [1.807, 2.05) is 0 Å². The molecule has 2 atom stereocenters. The molecule has 0 saturated heterocycles. The number of rotatable bonds is 9. The molecule has 2 unspecified atom stereocenters. The molecule has 0 amide bonds. The maximum atomic E-state index is 5.54. The Hall–Kier alpha value is -0.120. The average molecular weight is 297 g/mol. The van der Waals surface area contributed by atoms with Crippen LogP contribution in [-0.2, 0) is 9.47 Å². The Kier molecular flexibility index (Phi) is 8.68. The van der Waals surface area contributed by atoms with Crippen molar-refractivity contribution in [1.82, 2.24) is 5.32 Å². The summed E-state index contributed by atoms with van der Waals surface area (Å²) in [6.45, 7) is 3.41. The van der Waals surface area contributed by atoms with Gasteiger partial charge in [-0.2, -0.15) is 0 Å². The molecule has 2 fully saturated rings. The minimum atomic E-state index is 0.708. The molecule has 0 aromatic carbocycles. The molecule has 2 aliphatic rings. The van der Waals surface area contributed by atoms with E-state index in [9.17, 15) is 0 Å². The molecule has 0 spiro atoms. The highest BCUT2D eigenvalue weighted by molar-refractivity contribution is 4.86. The molecule has 0 radical (unpaired) electrons. The molecule has 0 aromatic heterocycles. The second-order valence-electron chi connectivity index (χ2n) is 6.87. The molecule has 0 bridgehead atoms. The molecule has 0 aliphatic heterocycles. The highest BCUT2D eigenvalue weighted by atomic mass is 16.5. The largest absolute Gasteiger partial charge is 0.382 e. The van der Waals surface area contributed by atoms with Crippen LogP contribution in [0.2, 0.25) is 0 Å². The quantitative estimate of drug-likeness (QED) is 0.657. The Bertz CT molecular complexity index is 254. The first-order chi connectivity index (χ1) is 10.4. The van der Waals surface area contributed by atoms with E-state index in [1.54, 1.807) is 7.11 Å². The van der Waals surface area contributed by atoms with Gasteiger partial charge in [0, 0.05) is 19.8 Å². The number of nitrogens with one attached hydrogen (secondary N) is 1. The topological polar surface area (TPSA) is 30.5 Å². The fourth-order valence-corrected chi connectivity index (χ4v) is 4.25. The number of methoxy groups -OCH3 is 1. The lowest BCUT2D eigenvalue weighted by atomic mass is 9.71. The zero-order valence-electron chi connectivity index (χ0n) is 13.9. The van der Waals surface area contributed by atoms with E-state index in [0.29, 0.717) is 6.61 Å². The van der Waals surface area contributed by atoms with E-state index < -0.39 is 0 Å². The van der Waals surface area contributed by atoms with Gasteiger partial charge in [-0.1, -0.05) is 44.9 Å². The average Bonchev–Trinajstić information content (AvgIpc) is 2.55. The highest BCUT2D eigenvalue weighted by Gasteiger charge is 2.31. The van der Waals surface area contributed by atoms with Gasteiger partial charge in [0.05, 0.1) is 13.2 Å². The third-order valence-electron chi connectivity index (χ3n) is 5.38. The van der Waals surface area contributed by atoms with Crippen molar-refractivity contribution in [2.45, 2.75) is 70.3 Å². The fraction of sp³-hybridized carbons (Fsp3) is 1.00. The van der Waals surface area contributed by atoms with Crippen LogP contribution in [0.15, 0.2) is 0 Å². The number of hydrogen-bond donors (Lipinski definition) is 1. The van der Waals surface area contributed by atoms with Gasteiger partial charge in [0.2, 0.25) is 0 Å². The van der Waals surface area contributed by atoms with Crippen molar-refractivity contribution in [2.24, 2.45) is 11.8 Å². The zero-order valence-corrected chi connectivity index (χ0v) is 13.9. The van der Waals surface area contributed by atoms with Crippen molar-refractivity contribution in [3.63, 3.8) is 0 Å². The summed E-state index contributed by atoms with van der Waals surface area (Å²) < 4.78 is 10.5. The van der Waals surface area contributed by atoms with Gasteiger partial charge >= 0.3 is 0 Å². The van der Waals surface area contributed by atoms with Crippen LogP contribution < -0.4 is 5.32 Å². The summed E-state index contributed by atoms with van der Waals surface area (Å²) in [5.41, 5.74) is 0. The smallest absolute Gasteiger partial charge is 0.0700 e. The van der Waals surface area contributed by atoms with Crippen LogP contribution in [0.3, 0.4) is 0 Å². The normalized spacial score (nSPS) is 27.9. The predicted octanol–water partition coefficient (Wildman–Crippen LogP) is 3.77. The number of ether oxygens (including phenoxy) is 2. The molecule has 2 saturated carbocycles. The molecule has 3 heteroatoms. The van der Waals surface area contributed by atoms with Gasteiger partial charge in [0.1, 0.15) is 0 Å². The molecule has 1 N–H and O–H groups in total. The first kappa shape index (κ1) is 17.2. The van der Waals surface area contributed by atoms with E-state index >= 15 is 0 Å². The van der Waals surface area contributed by atoms with E-state index in [0.717, 1.165) is 44.1 Å². The van der Waals surface area contributed by atoms with Gasteiger partial charge in [-0.05, 0) is 37.6 Å². The fourth-order valence-electron chi connectivity index (χ4n) is 4.25. The molecular weight excluding hydrogens is 262 g/mol. The van der Waals surface area contributed by atoms with Crippen molar-refractivity contribution < 1.29 is 9.47 Å².